The van der Waals surface area contributed by atoms with Crippen LogP contribution < -0.4 is 0 Å². The van der Waals surface area contributed by atoms with Gasteiger partial charge in [-0.3, -0.25) is 0 Å². The summed E-state index contributed by atoms with van der Waals surface area (Å²) in [5.41, 5.74) is 1.24. The summed E-state index contributed by atoms with van der Waals surface area (Å²) >= 11 is 5.53. The fourth-order valence-electron chi connectivity index (χ4n) is 1.37. The standard InChI is InChI=1S/C14H17ClO/c15-12-6-2-5-9-14(16)11-10-13-7-3-1-4-8-13/h1,3-4,7-8,14,16H,2,6,10-12H2. The Morgan fingerprint density at radius 1 is 1.25 bits per heavy atom. The van der Waals surface area contributed by atoms with E-state index < -0.39 is 6.10 Å². The van der Waals surface area contributed by atoms with Crippen LogP contribution in [0.25, 0.3) is 0 Å². The molecule has 1 atom stereocenters. The number of hydrogen-bond acceptors (Lipinski definition) is 1. The van der Waals surface area contributed by atoms with E-state index in [2.05, 4.69) is 24.0 Å². The molecule has 0 spiro atoms. The van der Waals surface area contributed by atoms with Crippen LogP contribution in [0.15, 0.2) is 30.3 Å². The van der Waals surface area contributed by atoms with Crippen LogP contribution in [0.5, 0.6) is 0 Å². The van der Waals surface area contributed by atoms with Gasteiger partial charge in [-0.1, -0.05) is 36.3 Å². The zero-order chi connectivity index (χ0) is 11.6. The summed E-state index contributed by atoms with van der Waals surface area (Å²) in [6.45, 7) is 0. The Morgan fingerprint density at radius 2 is 2.00 bits per heavy atom. The number of benzene rings is 1. The van der Waals surface area contributed by atoms with Gasteiger partial charge in [0, 0.05) is 12.3 Å². The number of hydrogen-bond donors (Lipinski definition) is 1. The van der Waals surface area contributed by atoms with Crippen LogP contribution in [0, 0.1) is 11.8 Å². The molecule has 1 N–H and O–H groups in total. The van der Waals surface area contributed by atoms with Crippen molar-refractivity contribution in [2.24, 2.45) is 0 Å². The number of aliphatic hydroxyl groups is 1. The molecule has 0 radical (unpaired) electrons. The molecule has 0 aromatic heterocycles. The van der Waals surface area contributed by atoms with Gasteiger partial charge in [0.15, 0.2) is 0 Å². The first-order chi connectivity index (χ1) is 7.83. The van der Waals surface area contributed by atoms with Gasteiger partial charge in [0.2, 0.25) is 0 Å². The second-order valence-electron chi connectivity index (χ2n) is 3.65. The van der Waals surface area contributed by atoms with E-state index in [1.54, 1.807) is 0 Å². The van der Waals surface area contributed by atoms with Gasteiger partial charge in [0.1, 0.15) is 6.10 Å². The molecular formula is C14H17ClO. The summed E-state index contributed by atoms with van der Waals surface area (Å²) in [6, 6.07) is 10.1. The second-order valence-corrected chi connectivity index (χ2v) is 4.03. The molecule has 0 saturated carbocycles. The maximum Gasteiger partial charge on any atom is 0.115 e. The summed E-state index contributed by atoms with van der Waals surface area (Å²) in [6.07, 6.45) is 2.70. The molecule has 1 rings (SSSR count). The molecule has 0 saturated heterocycles. The second kappa shape index (κ2) is 8.21. The minimum Gasteiger partial charge on any atom is -0.380 e. The highest BCUT2D eigenvalue weighted by atomic mass is 35.5. The molecule has 0 bridgehead atoms. The fourth-order valence-corrected chi connectivity index (χ4v) is 1.50. The molecule has 1 unspecified atom stereocenters. The van der Waals surface area contributed by atoms with E-state index in [-0.39, 0.29) is 0 Å². The van der Waals surface area contributed by atoms with Crippen molar-refractivity contribution in [3.05, 3.63) is 35.9 Å². The lowest BCUT2D eigenvalue weighted by molar-refractivity contribution is 0.222. The predicted molar refractivity (Wildman–Crippen MR) is 68.5 cm³/mol. The Kier molecular flexibility index (Phi) is 6.72. The molecule has 1 aromatic rings. The Labute approximate surface area is 102 Å². The Hall–Kier alpha value is -0.970. The normalized spacial score (nSPS) is 11.6. The van der Waals surface area contributed by atoms with E-state index in [1.165, 1.54) is 5.56 Å². The van der Waals surface area contributed by atoms with Crippen molar-refractivity contribution in [1.82, 2.24) is 0 Å². The van der Waals surface area contributed by atoms with Crippen LogP contribution in [0.2, 0.25) is 0 Å². The average Bonchev–Trinajstić information content (AvgIpc) is 2.33. The lowest BCUT2D eigenvalue weighted by Gasteiger charge is -2.03. The lowest BCUT2D eigenvalue weighted by Crippen LogP contribution is -2.04. The maximum atomic E-state index is 9.60. The summed E-state index contributed by atoms with van der Waals surface area (Å²) in [5, 5.41) is 9.60. The first-order valence-corrected chi connectivity index (χ1v) is 6.12. The minimum atomic E-state index is -0.518. The van der Waals surface area contributed by atoms with Crippen molar-refractivity contribution >= 4 is 11.6 Å². The quantitative estimate of drug-likeness (QED) is 0.474. The van der Waals surface area contributed by atoms with Gasteiger partial charge in [-0.05, 0) is 24.8 Å². The molecule has 1 nitrogen and oxygen atoms in total. The van der Waals surface area contributed by atoms with E-state index in [9.17, 15) is 5.11 Å². The Morgan fingerprint density at radius 3 is 2.69 bits per heavy atom. The molecule has 0 amide bonds. The van der Waals surface area contributed by atoms with Crippen LogP contribution in [0.3, 0.4) is 0 Å². The summed E-state index contributed by atoms with van der Waals surface area (Å²) in [4.78, 5) is 0. The molecule has 0 aliphatic carbocycles. The van der Waals surface area contributed by atoms with E-state index in [1.807, 2.05) is 18.2 Å². The topological polar surface area (TPSA) is 20.2 Å². The van der Waals surface area contributed by atoms with Crippen LogP contribution in [-0.2, 0) is 6.42 Å². The fraction of sp³-hybridized carbons (Fsp3) is 0.429. The van der Waals surface area contributed by atoms with E-state index in [0.29, 0.717) is 12.3 Å². The zero-order valence-corrected chi connectivity index (χ0v) is 10.1. The van der Waals surface area contributed by atoms with Crippen molar-refractivity contribution in [3.8, 4) is 11.8 Å². The van der Waals surface area contributed by atoms with E-state index in [4.69, 9.17) is 11.6 Å². The van der Waals surface area contributed by atoms with Crippen LogP contribution in [-0.4, -0.2) is 17.1 Å². The first-order valence-electron chi connectivity index (χ1n) is 5.59. The Bertz CT molecular complexity index is 337. The molecular weight excluding hydrogens is 220 g/mol. The van der Waals surface area contributed by atoms with Crippen LogP contribution >= 0.6 is 11.6 Å². The van der Waals surface area contributed by atoms with Gasteiger partial charge in [0.25, 0.3) is 0 Å². The molecule has 0 aliphatic heterocycles. The summed E-state index contributed by atoms with van der Waals surface area (Å²) in [7, 11) is 0. The third-order valence-electron chi connectivity index (χ3n) is 2.25. The van der Waals surface area contributed by atoms with Crippen molar-refractivity contribution < 1.29 is 5.11 Å². The van der Waals surface area contributed by atoms with E-state index in [0.717, 1.165) is 19.3 Å². The van der Waals surface area contributed by atoms with Gasteiger partial charge < -0.3 is 5.11 Å². The molecule has 0 fully saturated rings. The zero-order valence-electron chi connectivity index (χ0n) is 9.32. The van der Waals surface area contributed by atoms with Gasteiger partial charge in [-0.25, -0.2) is 0 Å². The maximum absolute atomic E-state index is 9.60. The van der Waals surface area contributed by atoms with Crippen LogP contribution in [0.1, 0.15) is 24.8 Å². The number of halogens is 1. The largest absolute Gasteiger partial charge is 0.380 e. The van der Waals surface area contributed by atoms with Gasteiger partial charge in [-0.15, -0.1) is 17.5 Å². The number of rotatable bonds is 5. The number of unbranched alkanes of at least 4 members (excludes halogenated alkanes) is 1. The number of aryl methyl sites for hydroxylation is 1. The average molecular weight is 237 g/mol. The molecule has 0 aliphatic rings. The minimum absolute atomic E-state index is 0.518. The third kappa shape index (κ3) is 5.80. The highest BCUT2D eigenvalue weighted by Crippen LogP contribution is 2.04. The highest BCUT2D eigenvalue weighted by molar-refractivity contribution is 6.17. The van der Waals surface area contributed by atoms with Crippen molar-refractivity contribution in [2.75, 3.05) is 5.88 Å². The molecule has 0 heterocycles. The highest BCUT2D eigenvalue weighted by Gasteiger charge is 1.99. The predicted octanol–water partition coefficient (Wildman–Crippen LogP) is 3.00. The van der Waals surface area contributed by atoms with Crippen molar-refractivity contribution in [1.29, 1.82) is 0 Å². The van der Waals surface area contributed by atoms with Gasteiger partial charge >= 0.3 is 0 Å². The lowest BCUT2D eigenvalue weighted by atomic mass is 10.1. The Balaban J connectivity index is 2.24. The molecule has 2 heteroatoms. The number of aliphatic hydroxyl groups excluding tert-OH is 1. The van der Waals surface area contributed by atoms with Crippen LogP contribution in [0.4, 0.5) is 0 Å². The first kappa shape index (κ1) is 13.1. The van der Waals surface area contributed by atoms with Gasteiger partial charge in [0.05, 0.1) is 0 Å². The molecule has 86 valence electrons. The van der Waals surface area contributed by atoms with E-state index >= 15 is 0 Å². The summed E-state index contributed by atoms with van der Waals surface area (Å²) in [5.74, 6) is 6.41. The number of alkyl halides is 1. The van der Waals surface area contributed by atoms with Crippen molar-refractivity contribution in [2.45, 2.75) is 31.8 Å². The monoisotopic (exact) mass is 236 g/mol. The SMILES string of the molecule is OC(C#CCCCCl)CCc1ccccc1. The molecule has 1 aromatic carbocycles. The van der Waals surface area contributed by atoms with Crippen molar-refractivity contribution in [3.63, 3.8) is 0 Å². The van der Waals surface area contributed by atoms with Gasteiger partial charge in [-0.2, -0.15) is 0 Å². The molecule has 16 heavy (non-hydrogen) atoms. The summed E-state index contributed by atoms with van der Waals surface area (Å²) < 4.78 is 0. The smallest absolute Gasteiger partial charge is 0.115 e. The third-order valence-corrected chi connectivity index (χ3v) is 2.52.